The van der Waals surface area contributed by atoms with Crippen molar-refractivity contribution in [3.8, 4) is 0 Å². The second-order valence-corrected chi connectivity index (χ2v) is 3.21. The molecule has 1 atom stereocenters. The fraction of sp³-hybridized carbons (Fsp3) is 0.500. The van der Waals surface area contributed by atoms with E-state index in [4.69, 9.17) is 11.5 Å². The minimum Gasteiger partial charge on any atom is -0.329 e. The van der Waals surface area contributed by atoms with Crippen LogP contribution in [0.4, 0.5) is 0 Å². The number of nitrogens with two attached hydrogens (primary N) is 2. The van der Waals surface area contributed by atoms with Crippen molar-refractivity contribution in [2.75, 3.05) is 6.54 Å². The van der Waals surface area contributed by atoms with Crippen LogP contribution in [-0.4, -0.2) is 17.6 Å². The first-order chi connectivity index (χ1) is 6.26. The van der Waals surface area contributed by atoms with Crippen LogP contribution in [0.1, 0.15) is 18.2 Å². The second-order valence-electron chi connectivity index (χ2n) is 3.21. The Kier molecular flexibility index (Phi) is 3.86. The fourth-order valence-corrected chi connectivity index (χ4v) is 1.14. The van der Waals surface area contributed by atoms with Crippen molar-refractivity contribution in [3.05, 3.63) is 29.6 Å². The van der Waals surface area contributed by atoms with Gasteiger partial charge in [0.25, 0.3) is 0 Å². The summed E-state index contributed by atoms with van der Waals surface area (Å²) in [6, 6.07) is 4.14. The van der Waals surface area contributed by atoms with Crippen molar-refractivity contribution in [2.45, 2.75) is 25.8 Å². The Morgan fingerprint density at radius 3 is 2.69 bits per heavy atom. The molecule has 1 aromatic heterocycles. The molecule has 1 rings (SSSR count). The highest BCUT2D eigenvalue weighted by Gasteiger charge is 2.01. The molecule has 0 radical (unpaired) electrons. The Morgan fingerprint density at radius 1 is 1.46 bits per heavy atom. The van der Waals surface area contributed by atoms with Crippen molar-refractivity contribution in [1.29, 1.82) is 0 Å². The van der Waals surface area contributed by atoms with E-state index in [1.807, 2.05) is 12.3 Å². The van der Waals surface area contributed by atoms with Gasteiger partial charge in [-0.1, -0.05) is 13.0 Å². The first-order valence-corrected chi connectivity index (χ1v) is 4.65. The molecule has 1 heterocycles. The van der Waals surface area contributed by atoms with Crippen LogP contribution >= 0.6 is 0 Å². The van der Waals surface area contributed by atoms with Gasteiger partial charge in [-0.25, -0.2) is 0 Å². The van der Waals surface area contributed by atoms with Crippen LogP contribution in [0.5, 0.6) is 0 Å². The third kappa shape index (κ3) is 3.13. The molecule has 0 aromatic carbocycles. The molecule has 0 fully saturated rings. The predicted octanol–water partition coefficient (Wildman–Crippen LogP) is 0.472. The fourth-order valence-electron chi connectivity index (χ4n) is 1.14. The highest BCUT2D eigenvalue weighted by molar-refractivity contribution is 5.14. The maximum atomic E-state index is 5.71. The molecule has 0 spiro atoms. The lowest BCUT2D eigenvalue weighted by Crippen LogP contribution is -2.31. The molecule has 0 saturated heterocycles. The zero-order valence-electron chi connectivity index (χ0n) is 8.03. The van der Waals surface area contributed by atoms with Gasteiger partial charge in [0, 0.05) is 30.9 Å². The summed E-state index contributed by atoms with van der Waals surface area (Å²) in [4.78, 5) is 4.30. The number of pyridine rings is 1. The Bertz CT molecular complexity index is 243. The molecule has 0 aliphatic heterocycles. The molecular formula is C10H17N3. The van der Waals surface area contributed by atoms with Gasteiger partial charge in [0.1, 0.15) is 0 Å². The molecule has 3 heteroatoms. The van der Waals surface area contributed by atoms with E-state index in [9.17, 15) is 0 Å². The number of rotatable bonds is 4. The monoisotopic (exact) mass is 179 g/mol. The third-order valence-electron chi connectivity index (χ3n) is 2.07. The van der Waals surface area contributed by atoms with Crippen LogP contribution in [0.15, 0.2) is 18.3 Å². The van der Waals surface area contributed by atoms with Crippen molar-refractivity contribution in [3.63, 3.8) is 0 Å². The minimum absolute atomic E-state index is 0.0278. The SMILES string of the molecule is CCc1ccc(CC(N)CN)nc1. The van der Waals surface area contributed by atoms with Gasteiger partial charge in [-0.15, -0.1) is 0 Å². The molecule has 0 bridgehead atoms. The number of aromatic nitrogens is 1. The Labute approximate surface area is 79.2 Å². The van der Waals surface area contributed by atoms with Gasteiger partial charge in [0.05, 0.1) is 0 Å². The summed E-state index contributed by atoms with van der Waals surface area (Å²) in [7, 11) is 0. The van der Waals surface area contributed by atoms with Gasteiger partial charge < -0.3 is 11.5 Å². The lowest BCUT2D eigenvalue weighted by Gasteiger charge is -2.07. The van der Waals surface area contributed by atoms with E-state index in [2.05, 4.69) is 18.0 Å². The topological polar surface area (TPSA) is 64.9 Å². The van der Waals surface area contributed by atoms with Crippen molar-refractivity contribution < 1.29 is 0 Å². The molecule has 1 unspecified atom stereocenters. The van der Waals surface area contributed by atoms with Crippen LogP contribution in [0.2, 0.25) is 0 Å². The zero-order valence-corrected chi connectivity index (χ0v) is 8.03. The van der Waals surface area contributed by atoms with Gasteiger partial charge in [-0.05, 0) is 18.1 Å². The summed E-state index contributed by atoms with van der Waals surface area (Å²) < 4.78 is 0. The van der Waals surface area contributed by atoms with Crippen molar-refractivity contribution in [2.24, 2.45) is 11.5 Å². The summed E-state index contributed by atoms with van der Waals surface area (Å²) in [6.45, 7) is 2.62. The smallest absolute Gasteiger partial charge is 0.0419 e. The van der Waals surface area contributed by atoms with Crippen molar-refractivity contribution >= 4 is 0 Å². The van der Waals surface area contributed by atoms with E-state index in [0.29, 0.717) is 6.54 Å². The van der Waals surface area contributed by atoms with Gasteiger partial charge in [-0.3, -0.25) is 4.98 Å². The average molecular weight is 179 g/mol. The maximum absolute atomic E-state index is 5.71. The number of hydrogen-bond donors (Lipinski definition) is 2. The van der Waals surface area contributed by atoms with E-state index in [0.717, 1.165) is 18.5 Å². The number of aryl methyl sites for hydroxylation is 1. The minimum atomic E-state index is 0.0278. The van der Waals surface area contributed by atoms with E-state index in [1.54, 1.807) is 0 Å². The molecule has 1 aromatic rings. The number of hydrogen-bond acceptors (Lipinski definition) is 3. The zero-order chi connectivity index (χ0) is 9.68. The molecule has 13 heavy (non-hydrogen) atoms. The Hall–Kier alpha value is -0.930. The second kappa shape index (κ2) is 4.94. The van der Waals surface area contributed by atoms with Crippen LogP contribution in [0.25, 0.3) is 0 Å². The van der Waals surface area contributed by atoms with Crippen molar-refractivity contribution in [1.82, 2.24) is 4.98 Å². The molecule has 0 aliphatic carbocycles. The largest absolute Gasteiger partial charge is 0.329 e. The van der Waals surface area contributed by atoms with Crippen LogP contribution in [-0.2, 0) is 12.8 Å². The first-order valence-electron chi connectivity index (χ1n) is 4.65. The van der Waals surface area contributed by atoms with E-state index in [1.165, 1.54) is 5.56 Å². The lowest BCUT2D eigenvalue weighted by molar-refractivity contribution is 0.667. The lowest BCUT2D eigenvalue weighted by atomic mass is 10.1. The van der Waals surface area contributed by atoms with Gasteiger partial charge >= 0.3 is 0 Å². The normalized spacial score (nSPS) is 12.8. The summed E-state index contributed by atoms with van der Waals surface area (Å²) in [5.41, 5.74) is 13.4. The van der Waals surface area contributed by atoms with Gasteiger partial charge in [-0.2, -0.15) is 0 Å². The predicted molar refractivity (Wildman–Crippen MR) is 54.3 cm³/mol. The van der Waals surface area contributed by atoms with E-state index >= 15 is 0 Å². The molecule has 0 aliphatic rings. The Morgan fingerprint density at radius 2 is 2.23 bits per heavy atom. The average Bonchev–Trinajstić information content (AvgIpc) is 2.19. The van der Waals surface area contributed by atoms with E-state index in [-0.39, 0.29) is 6.04 Å². The quantitative estimate of drug-likeness (QED) is 0.706. The maximum Gasteiger partial charge on any atom is 0.0419 e. The summed E-state index contributed by atoms with van der Waals surface area (Å²) >= 11 is 0. The highest BCUT2D eigenvalue weighted by atomic mass is 14.7. The molecule has 72 valence electrons. The molecule has 4 N–H and O–H groups in total. The summed E-state index contributed by atoms with van der Waals surface area (Å²) in [5, 5.41) is 0. The number of nitrogens with zero attached hydrogens (tertiary/aromatic N) is 1. The first kappa shape index (κ1) is 10.2. The highest BCUT2D eigenvalue weighted by Crippen LogP contribution is 2.02. The molecule has 3 nitrogen and oxygen atoms in total. The van der Waals surface area contributed by atoms with Crippen LogP contribution in [0.3, 0.4) is 0 Å². The standard InChI is InChI=1S/C10H17N3/c1-2-8-3-4-10(13-7-8)5-9(12)6-11/h3-4,7,9H,2,5-6,11-12H2,1H3. The van der Waals surface area contributed by atoms with Crippen LogP contribution < -0.4 is 11.5 Å². The Balaban J connectivity index is 2.58. The molecule has 0 amide bonds. The van der Waals surface area contributed by atoms with Gasteiger partial charge in [0.2, 0.25) is 0 Å². The third-order valence-corrected chi connectivity index (χ3v) is 2.07. The molecule has 0 saturated carbocycles. The van der Waals surface area contributed by atoms with Gasteiger partial charge in [0.15, 0.2) is 0 Å². The molecular weight excluding hydrogens is 162 g/mol. The van der Waals surface area contributed by atoms with E-state index < -0.39 is 0 Å². The van der Waals surface area contributed by atoms with Crippen LogP contribution in [0, 0.1) is 0 Å². The summed E-state index contributed by atoms with van der Waals surface area (Å²) in [6.07, 6.45) is 3.69. The summed E-state index contributed by atoms with van der Waals surface area (Å²) in [5.74, 6) is 0.